The van der Waals surface area contributed by atoms with Crippen molar-refractivity contribution in [2.75, 3.05) is 32.1 Å². The molecule has 0 radical (unpaired) electrons. The summed E-state index contributed by atoms with van der Waals surface area (Å²) in [6.07, 6.45) is 2.53. The molecule has 33 heavy (non-hydrogen) atoms. The highest BCUT2D eigenvalue weighted by molar-refractivity contribution is 7.22. The zero-order chi connectivity index (χ0) is 22.8. The van der Waals surface area contributed by atoms with E-state index in [4.69, 9.17) is 4.98 Å². The molecule has 0 aliphatic rings. The van der Waals surface area contributed by atoms with Gasteiger partial charge in [0.15, 0.2) is 5.13 Å². The predicted molar refractivity (Wildman–Crippen MR) is 139 cm³/mol. The number of anilines is 1. The van der Waals surface area contributed by atoms with Crippen molar-refractivity contribution in [2.24, 2.45) is 0 Å². The summed E-state index contributed by atoms with van der Waals surface area (Å²) in [5.74, 6) is -0.0585. The van der Waals surface area contributed by atoms with Crippen molar-refractivity contribution in [3.05, 3.63) is 71.0 Å². The number of amides is 1. The fourth-order valence-corrected chi connectivity index (χ4v) is 4.80. The SMILES string of the molecule is Cc1ccc2sc(N(CCCN(C)C)C(=O)c3cnn(-c4ccccc4)c3C)nc2c1C.Cl. The van der Waals surface area contributed by atoms with Crippen molar-refractivity contribution in [3.8, 4) is 5.69 Å². The molecule has 0 fully saturated rings. The lowest BCUT2D eigenvalue weighted by Gasteiger charge is -2.21. The van der Waals surface area contributed by atoms with Gasteiger partial charge in [0.2, 0.25) is 0 Å². The molecule has 2 aromatic carbocycles. The summed E-state index contributed by atoms with van der Waals surface area (Å²) in [4.78, 5) is 22.6. The van der Waals surface area contributed by atoms with E-state index in [0.717, 1.165) is 39.7 Å². The summed E-state index contributed by atoms with van der Waals surface area (Å²) in [6.45, 7) is 7.62. The largest absolute Gasteiger partial charge is 0.309 e. The quantitative estimate of drug-likeness (QED) is 0.352. The number of para-hydroxylation sites is 1. The number of hydrogen-bond acceptors (Lipinski definition) is 5. The van der Waals surface area contributed by atoms with Crippen molar-refractivity contribution in [2.45, 2.75) is 27.2 Å². The number of benzene rings is 2. The maximum absolute atomic E-state index is 13.7. The number of hydrogen-bond donors (Lipinski definition) is 0. The highest BCUT2D eigenvalue weighted by Gasteiger charge is 2.25. The first-order chi connectivity index (χ1) is 15.4. The molecule has 0 spiro atoms. The lowest BCUT2D eigenvalue weighted by Crippen LogP contribution is -2.33. The van der Waals surface area contributed by atoms with E-state index in [2.05, 4.69) is 36.0 Å². The maximum Gasteiger partial charge on any atom is 0.263 e. The molecule has 8 heteroatoms. The molecular weight excluding hydrogens is 454 g/mol. The Hall–Kier alpha value is -2.74. The molecular formula is C25H30ClN5OS. The minimum atomic E-state index is -0.0585. The number of thiazole rings is 1. The molecule has 6 nitrogen and oxygen atoms in total. The normalized spacial score (nSPS) is 11.1. The van der Waals surface area contributed by atoms with Gasteiger partial charge in [-0.1, -0.05) is 35.6 Å². The van der Waals surface area contributed by atoms with Gasteiger partial charge in [-0.3, -0.25) is 9.69 Å². The lowest BCUT2D eigenvalue weighted by atomic mass is 10.1. The number of carbonyl (C=O) groups is 1. The fraction of sp³-hybridized carbons (Fsp3) is 0.320. The highest BCUT2D eigenvalue weighted by atomic mass is 35.5. The maximum atomic E-state index is 13.7. The molecule has 4 aromatic rings. The Morgan fingerprint density at radius 1 is 1.03 bits per heavy atom. The molecule has 0 bridgehead atoms. The molecule has 0 aliphatic heterocycles. The first kappa shape index (κ1) is 24.9. The Morgan fingerprint density at radius 3 is 2.45 bits per heavy atom. The highest BCUT2D eigenvalue weighted by Crippen LogP contribution is 2.33. The van der Waals surface area contributed by atoms with Crippen LogP contribution in [0.3, 0.4) is 0 Å². The molecule has 0 unspecified atom stereocenters. The monoisotopic (exact) mass is 483 g/mol. The second-order valence-corrected chi connectivity index (χ2v) is 9.36. The van der Waals surface area contributed by atoms with Crippen LogP contribution in [0.15, 0.2) is 48.7 Å². The second kappa shape index (κ2) is 10.5. The first-order valence-electron chi connectivity index (χ1n) is 10.8. The minimum absolute atomic E-state index is 0. The number of halogens is 1. The molecule has 2 heterocycles. The number of carbonyl (C=O) groups excluding carboxylic acids is 1. The van der Waals surface area contributed by atoms with Crippen molar-refractivity contribution >= 4 is 45.0 Å². The van der Waals surface area contributed by atoms with Gasteiger partial charge in [0.1, 0.15) is 0 Å². The summed E-state index contributed by atoms with van der Waals surface area (Å²) in [7, 11) is 4.09. The predicted octanol–water partition coefficient (Wildman–Crippen LogP) is 5.43. The molecule has 0 saturated carbocycles. The van der Waals surface area contributed by atoms with E-state index in [1.807, 2.05) is 60.9 Å². The molecule has 0 saturated heterocycles. The van der Waals surface area contributed by atoms with Crippen LogP contribution >= 0.6 is 23.7 Å². The van der Waals surface area contributed by atoms with E-state index >= 15 is 0 Å². The Labute approximate surface area is 205 Å². The van der Waals surface area contributed by atoms with Crippen molar-refractivity contribution in [3.63, 3.8) is 0 Å². The van der Waals surface area contributed by atoms with E-state index in [1.54, 1.807) is 17.5 Å². The van der Waals surface area contributed by atoms with Gasteiger partial charge < -0.3 is 4.90 Å². The smallest absolute Gasteiger partial charge is 0.263 e. The van der Waals surface area contributed by atoms with Crippen LogP contribution in [-0.4, -0.2) is 52.8 Å². The van der Waals surface area contributed by atoms with E-state index in [9.17, 15) is 4.79 Å². The van der Waals surface area contributed by atoms with Crippen LogP contribution in [-0.2, 0) is 0 Å². The third kappa shape index (κ3) is 5.11. The summed E-state index contributed by atoms with van der Waals surface area (Å²) in [5.41, 5.74) is 5.72. The standard InChI is InChI=1S/C25H29N5OS.ClH/c1-17-12-13-22-23(18(17)2)27-25(32-22)29(15-9-14-28(4)5)24(31)21-16-26-30(19(21)3)20-10-7-6-8-11-20;/h6-8,10-13,16H,9,14-15H2,1-5H3;1H. The molecule has 174 valence electrons. The van der Waals surface area contributed by atoms with Crippen molar-refractivity contribution < 1.29 is 4.79 Å². The van der Waals surface area contributed by atoms with Gasteiger partial charge in [0, 0.05) is 6.54 Å². The van der Waals surface area contributed by atoms with E-state index in [-0.39, 0.29) is 18.3 Å². The van der Waals surface area contributed by atoms with E-state index < -0.39 is 0 Å². The number of aromatic nitrogens is 3. The van der Waals surface area contributed by atoms with Gasteiger partial charge in [0.05, 0.1) is 33.4 Å². The van der Waals surface area contributed by atoms with Gasteiger partial charge in [-0.15, -0.1) is 12.4 Å². The van der Waals surface area contributed by atoms with Crippen LogP contribution < -0.4 is 4.90 Å². The van der Waals surface area contributed by atoms with Crippen LogP contribution in [0.1, 0.15) is 33.6 Å². The zero-order valence-corrected chi connectivity index (χ0v) is 21.3. The van der Waals surface area contributed by atoms with Crippen LogP contribution in [0.2, 0.25) is 0 Å². The Balaban J connectivity index is 0.00000306. The molecule has 0 aliphatic carbocycles. The van der Waals surface area contributed by atoms with Gasteiger partial charge in [-0.05, 0) is 77.2 Å². The molecule has 0 N–H and O–H groups in total. The number of aryl methyl sites for hydroxylation is 2. The summed E-state index contributed by atoms with van der Waals surface area (Å²) < 4.78 is 2.92. The van der Waals surface area contributed by atoms with Crippen LogP contribution in [0.5, 0.6) is 0 Å². The Morgan fingerprint density at radius 2 is 1.76 bits per heavy atom. The average molecular weight is 484 g/mol. The van der Waals surface area contributed by atoms with Crippen molar-refractivity contribution in [1.82, 2.24) is 19.7 Å². The number of nitrogens with zero attached hydrogens (tertiary/aromatic N) is 5. The second-order valence-electron chi connectivity index (χ2n) is 8.36. The first-order valence-corrected chi connectivity index (χ1v) is 11.6. The fourth-order valence-electron chi connectivity index (χ4n) is 3.75. The zero-order valence-electron chi connectivity index (χ0n) is 19.7. The average Bonchev–Trinajstić information content (AvgIpc) is 3.38. The van der Waals surface area contributed by atoms with Crippen molar-refractivity contribution in [1.29, 1.82) is 0 Å². The number of rotatable bonds is 7. The van der Waals surface area contributed by atoms with Crippen LogP contribution in [0.25, 0.3) is 15.9 Å². The van der Waals surface area contributed by atoms with E-state index in [0.29, 0.717) is 12.1 Å². The van der Waals surface area contributed by atoms with Crippen LogP contribution in [0.4, 0.5) is 5.13 Å². The number of fused-ring (bicyclic) bond motifs is 1. The topological polar surface area (TPSA) is 54.3 Å². The summed E-state index contributed by atoms with van der Waals surface area (Å²) in [6, 6.07) is 14.1. The van der Waals surface area contributed by atoms with E-state index in [1.165, 1.54) is 11.1 Å². The van der Waals surface area contributed by atoms with Gasteiger partial charge in [-0.25, -0.2) is 9.67 Å². The molecule has 0 atom stereocenters. The summed E-state index contributed by atoms with van der Waals surface area (Å²) in [5, 5.41) is 5.24. The molecule has 4 rings (SSSR count). The third-order valence-electron chi connectivity index (χ3n) is 5.78. The molecule has 1 amide bonds. The van der Waals surface area contributed by atoms with Crippen LogP contribution in [0, 0.1) is 20.8 Å². The minimum Gasteiger partial charge on any atom is -0.309 e. The molecule has 2 aromatic heterocycles. The lowest BCUT2D eigenvalue weighted by molar-refractivity contribution is 0.0985. The van der Waals surface area contributed by atoms with Gasteiger partial charge in [-0.2, -0.15) is 5.10 Å². The third-order valence-corrected chi connectivity index (χ3v) is 6.82. The van der Waals surface area contributed by atoms with Gasteiger partial charge >= 0.3 is 0 Å². The Kier molecular flexibility index (Phi) is 7.89. The van der Waals surface area contributed by atoms with Gasteiger partial charge in [0.25, 0.3) is 5.91 Å². The summed E-state index contributed by atoms with van der Waals surface area (Å²) >= 11 is 1.57. The Bertz CT molecular complexity index is 1250.